The Hall–Kier alpha value is -2.09. The van der Waals surface area contributed by atoms with Crippen molar-refractivity contribution in [3.05, 3.63) is 27.5 Å². The van der Waals surface area contributed by atoms with Crippen LogP contribution in [-0.4, -0.2) is 35.2 Å². The number of aromatic nitrogens is 1. The minimum atomic E-state index is -0.848. The molecule has 2 N–H and O–H groups in total. The van der Waals surface area contributed by atoms with Crippen molar-refractivity contribution in [3.63, 3.8) is 0 Å². The predicted molar refractivity (Wildman–Crippen MR) is 71.8 cm³/mol. The van der Waals surface area contributed by atoms with Crippen LogP contribution in [0.5, 0.6) is 0 Å². The summed E-state index contributed by atoms with van der Waals surface area (Å²) >= 11 is 5.78. The van der Waals surface area contributed by atoms with Crippen molar-refractivity contribution in [1.29, 1.82) is 0 Å². The largest absolute Gasteiger partial charge is 0.445 e. The van der Waals surface area contributed by atoms with Gasteiger partial charge in [0, 0.05) is 12.7 Å². The summed E-state index contributed by atoms with van der Waals surface area (Å²) in [5.74, 6) is 0. The van der Waals surface area contributed by atoms with E-state index in [4.69, 9.17) is 22.1 Å². The number of halogens is 1. The van der Waals surface area contributed by atoms with Crippen LogP contribution in [0.4, 0.5) is 16.2 Å². The third kappa shape index (κ3) is 3.08. The van der Waals surface area contributed by atoms with Crippen LogP contribution in [0, 0.1) is 10.1 Å². The molecule has 1 aromatic heterocycles. The average molecular weight is 301 g/mol. The van der Waals surface area contributed by atoms with E-state index in [1.165, 1.54) is 12.3 Å². The molecule has 2 rings (SSSR count). The van der Waals surface area contributed by atoms with Gasteiger partial charge in [0.1, 0.15) is 11.8 Å². The predicted octanol–water partition coefficient (Wildman–Crippen LogP) is 1.71. The molecule has 20 heavy (non-hydrogen) atoms. The molecule has 9 heteroatoms. The lowest BCUT2D eigenvalue weighted by atomic mass is 10.1. The maximum Gasteiger partial charge on any atom is 0.404 e. The molecule has 0 bridgehead atoms. The Morgan fingerprint density at radius 3 is 3.05 bits per heavy atom. The van der Waals surface area contributed by atoms with Crippen LogP contribution in [-0.2, 0) is 4.74 Å². The van der Waals surface area contributed by atoms with E-state index in [2.05, 4.69) is 4.98 Å². The number of amides is 1. The van der Waals surface area contributed by atoms with Crippen LogP contribution in [0.15, 0.2) is 12.3 Å². The SMILES string of the molecule is NC(=O)OC1CCCN(c2ccnc(Cl)c2[N+](=O)[O-])C1. The molecule has 0 radical (unpaired) electrons. The number of primary amides is 1. The van der Waals surface area contributed by atoms with Gasteiger partial charge in [-0.15, -0.1) is 0 Å². The maximum atomic E-state index is 11.1. The average Bonchev–Trinajstić information content (AvgIpc) is 2.37. The fourth-order valence-corrected chi connectivity index (χ4v) is 2.48. The number of hydrogen-bond donors (Lipinski definition) is 1. The summed E-state index contributed by atoms with van der Waals surface area (Å²) in [5, 5.41) is 10.9. The summed E-state index contributed by atoms with van der Waals surface area (Å²) in [7, 11) is 0. The molecule has 1 atom stereocenters. The van der Waals surface area contributed by atoms with Gasteiger partial charge in [-0.05, 0) is 18.9 Å². The van der Waals surface area contributed by atoms with E-state index in [0.29, 0.717) is 25.2 Å². The minimum Gasteiger partial charge on any atom is -0.445 e. The maximum absolute atomic E-state index is 11.1. The van der Waals surface area contributed by atoms with Gasteiger partial charge in [0.05, 0.1) is 11.5 Å². The number of nitro groups is 1. The molecule has 1 unspecified atom stereocenters. The fraction of sp³-hybridized carbons (Fsp3) is 0.455. The van der Waals surface area contributed by atoms with Crippen molar-refractivity contribution < 1.29 is 14.5 Å². The normalized spacial score (nSPS) is 18.6. The molecule has 1 amide bonds. The first kappa shape index (κ1) is 14.3. The van der Waals surface area contributed by atoms with Crippen molar-refractivity contribution in [1.82, 2.24) is 4.98 Å². The summed E-state index contributed by atoms with van der Waals surface area (Å²) in [6.45, 7) is 0.948. The fourth-order valence-electron chi connectivity index (χ4n) is 2.26. The molecular weight excluding hydrogens is 288 g/mol. The van der Waals surface area contributed by atoms with E-state index >= 15 is 0 Å². The lowest BCUT2D eigenvalue weighted by Crippen LogP contribution is -2.41. The van der Waals surface area contributed by atoms with E-state index < -0.39 is 11.0 Å². The number of nitrogens with zero attached hydrogens (tertiary/aromatic N) is 3. The van der Waals surface area contributed by atoms with Crippen LogP contribution < -0.4 is 10.6 Å². The second-order valence-electron chi connectivity index (χ2n) is 4.37. The Balaban J connectivity index is 2.25. The minimum absolute atomic E-state index is 0.162. The topological polar surface area (TPSA) is 112 Å². The van der Waals surface area contributed by atoms with Gasteiger partial charge < -0.3 is 15.4 Å². The number of rotatable bonds is 3. The summed E-state index contributed by atoms with van der Waals surface area (Å²) in [6.07, 6.45) is 1.58. The van der Waals surface area contributed by atoms with Gasteiger partial charge >= 0.3 is 11.8 Å². The standard InChI is InChI=1S/C11H13ClN4O4/c12-10-9(16(18)19)8(3-4-14-10)15-5-1-2-7(6-15)20-11(13)17/h3-4,7H,1-2,5-6H2,(H2,13,17). The second-order valence-corrected chi connectivity index (χ2v) is 4.73. The first-order valence-electron chi connectivity index (χ1n) is 5.99. The number of nitrogens with two attached hydrogens (primary N) is 1. The van der Waals surface area contributed by atoms with Crippen molar-refractivity contribution in [2.24, 2.45) is 5.73 Å². The highest BCUT2D eigenvalue weighted by atomic mass is 35.5. The molecule has 1 aliphatic rings. The van der Waals surface area contributed by atoms with Gasteiger partial charge in [-0.25, -0.2) is 9.78 Å². The third-order valence-electron chi connectivity index (χ3n) is 3.04. The van der Waals surface area contributed by atoms with E-state index in [1.807, 2.05) is 0 Å². The molecule has 1 aromatic rings. The van der Waals surface area contributed by atoms with E-state index in [0.717, 1.165) is 6.42 Å². The van der Waals surface area contributed by atoms with Gasteiger partial charge in [0.25, 0.3) is 0 Å². The Labute approximate surface area is 119 Å². The van der Waals surface area contributed by atoms with E-state index in [1.54, 1.807) is 4.90 Å². The first-order chi connectivity index (χ1) is 9.49. The molecule has 1 saturated heterocycles. The van der Waals surface area contributed by atoms with Crippen molar-refractivity contribution >= 4 is 29.1 Å². The van der Waals surface area contributed by atoms with Gasteiger partial charge in [0.15, 0.2) is 0 Å². The Bertz CT molecular complexity index is 539. The molecule has 2 heterocycles. The van der Waals surface area contributed by atoms with Crippen LogP contribution in [0.25, 0.3) is 0 Å². The summed E-state index contributed by atoms with van der Waals surface area (Å²) in [6, 6.07) is 1.52. The smallest absolute Gasteiger partial charge is 0.404 e. The van der Waals surface area contributed by atoms with Gasteiger partial charge in [-0.1, -0.05) is 11.6 Å². The molecule has 1 fully saturated rings. The quantitative estimate of drug-likeness (QED) is 0.516. The lowest BCUT2D eigenvalue weighted by Gasteiger charge is -2.33. The Kier molecular flexibility index (Phi) is 4.23. The van der Waals surface area contributed by atoms with E-state index in [-0.39, 0.29) is 16.9 Å². The van der Waals surface area contributed by atoms with Crippen LogP contribution in [0.1, 0.15) is 12.8 Å². The number of carbonyl (C=O) groups excluding carboxylic acids is 1. The highest BCUT2D eigenvalue weighted by Crippen LogP contribution is 2.34. The van der Waals surface area contributed by atoms with Crippen LogP contribution in [0.2, 0.25) is 5.15 Å². The molecule has 0 aliphatic carbocycles. The first-order valence-corrected chi connectivity index (χ1v) is 6.36. The molecule has 108 valence electrons. The Morgan fingerprint density at radius 2 is 2.40 bits per heavy atom. The number of piperidine rings is 1. The second kappa shape index (κ2) is 5.91. The molecule has 0 spiro atoms. The van der Waals surface area contributed by atoms with Gasteiger partial charge in [-0.3, -0.25) is 10.1 Å². The van der Waals surface area contributed by atoms with Gasteiger partial charge in [0.2, 0.25) is 5.15 Å². The third-order valence-corrected chi connectivity index (χ3v) is 3.32. The number of hydrogen-bond acceptors (Lipinski definition) is 6. The van der Waals surface area contributed by atoms with Crippen LogP contribution >= 0.6 is 11.6 Å². The van der Waals surface area contributed by atoms with E-state index in [9.17, 15) is 14.9 Å². The zero-order valence-corrected chi connectivity index (χ0v) is 11.2. The van der Waals surface area contributed by atoms with Gasteiger partial charge in [-0.2, -0.15) is 0 Å². The summed E-state index contributed by atoms with van der Waals surface area (Å²) in [4.78, 5) is 26.8. The number of pyridine rings is 1. The highest BCUT2D eigenvalue weighted by Gasteiger charge is 2.29. The monoisotopic (exact) mass is 300 g/mol. The zero-order chi connectivity index (χ0) is 14.7. The number of carbonyl (C=O) groups is 1. The number of anilines is 1. The molecule has 0 saturated carbocycles. The molecule has 1 aliphatic heterocycles. The molecular formula is C11H13ClN4O4. The number of ether oxygens (including phenoxy) is 1. The van der Waals surface area contributed by atoms with Crippen LogP contribution in [0.3, 0.4) is 0 Å². The summed E-state index contributed by atoms with van der Waals surface area (Å²) in [5.41, 5.74) is 5.12. The highest BCUT2D eigenvalue weighted by molar-refractivity contribution is 6.32. The molecule has 0 aromatic carbocycles. The van der Waals surface area contributed by atoms with Crippen molar-refractivity contribution in [2.45, 2.75) is 18.9 Å². The molecule has 8 nitrogen and oxygen atoms in total. The lowest BCUT2D eigenvalue weighted by molar-refractivity contribution is -0.384. The van der Waals surface area contributed by atoms with Crippen molar-refractivity contribution in [3.8, 4) is 0 Å². The van der Waals surface area contributed by atoms with Crippen molar-refractivity contribution in [2.75, 3.05) is 18.0 Å². The zero-order valence-electron chi connectivity index (χ0n) is 10.5. The summed E-state index contributed by atoms with van der Waals surface area (Å²) < 4.78 is 4.95. The Morgan fingerprint density at radius 1 is 1.65 bits per heavy atom.